The highest BCUT2D eigenvalue weighted by atomic mass is 32.2. The minimum atomic E-state index is -3.69. The first kappa shape index (κ1) is 20.1. The van der Waals surface area contributed by atoms with Crippen LogP contribution in [0.5, 0.6) is 0 Å². The highest BCUT2D eigenvalue weighted by molar-refractivity contribution is 7.89. The van der Waals surface area contributed by atoms with Crippen LogP contribution in [0.25, 0.3) is 21.8 Å². The molecular weight excluding hydrogens is 400 g/mol. The molecule has 30 heavy (non-hydrogen) atoms. The number of carbonyl (C=O) groups excluding carboxylic acids is 1. The number of amides is 1. The summed E-state index contributed by atoms with van der Waals surface area (Å²) in [5.74, 6) is 0.514. The van der Waals surface area contributed by atoms with Gasteiger partial charge in [-0.1, -0.05) is 42.5 Å². The fourth-order valence-corrected chi connectivity index (χ4v) is 4.36. The number of aromatic nitrogens is 2. The Morgan fingerprint density at radius 2 is 1.77 bits per heavy atom. The second-order valence-electron chi connectivity index (χ2n) is 7.11. The third kappa shape index (κ3) is 4.34. The van der Waals surface area contributed by atoms with Crippen LogP contribution in [-0.4, -0.2) is 42.8 Å². The number of imidazole rings is 1. The second-order valence-corrected chi connectivity index (χ2v) is 8.87. The van der Waals surface area contributed by atoms with Gasteiger partial charge in [-0.2, -0.15) is 0 Å². The van der Waals surface area contributed by atoms with E-state index in [0.29, 0.717) is 12.4 Å². The van der Waals surface area contributed by atoms with Crippen LogP contribution in [0.4, 0.5) is 0 Å². The van der Waals surface area contributed by atoms with Crippen LogP contribution >= 0.6 is 0 Å². The Labute approximate surface area is 174 Å². The lowest BCUT2D eigenvalue weighted by molar-refractivity contribution is -0.130. The predicted octanol–water partition coefficient (Wildman–Crippen LogP) is 3.04. The summed E-state index contributed by atoms with van der Waals surface area (Å²) in [6.45, 7) is 0.351. The number of carbonyl (C=O) groups is 1. The van der Waals surface area contributed by atoms with Gasteiger partial charge in [-0.15, -0.1) is 0 Å². The summed E-state index contributed by atoms with van der Waals surface area (Å²) < 4.78 is 27.6. The van der Waals surface area contributed by atoms with Gasteiger partial charge >= 0.3 is 0 Å². The van der Waals surface area contributed by atoms with E-state index in [9.17, 15) is 13.2 Å². The number of rotatable bonds is 7. The van der Waals surface area contributed by atoms with E-state index < -0.39 is 10.0 Å². The van der Waals surface area contributed by atoms with E-state index in [2.05, 4.69) is 14.7 Å². The van der Waals surface area contributed by atoms with Crippen molar-refractivity contribution in [1.29, 1.82) is 0 Å². The number of nitrogens with zero attached hydrogens (tertiary/aromatic N) is 2. The average Bonchev–Trinajstić information content (AvgIpc) is 3.15. The number of sulfonamides is 1. The first-order chi connectivity index (χ1) is 14.4. The molecular formula is C22H22N4O3S. The van der Waals surface area contributed by atoms with Crippen molar-refractivity contribution >= 4 is 37.7 Å². The van der Waals surface area contributed by atoms with Crippen LogP contribution in [0.3, 0.4) is 0 Å². The van der Waals surface area contributed by atoms with Crippen LogP contribution in [0, 0.1) is 0 Å². The molecule has 0 fully saturated rings. The van der Waals surface area contributed by atoms with Gasteiger partial charge < -0.3 is 9.88 Å². The number of para-hydroxylation sites is 2. The average molecular weight is 423 g/mol. The van der Waals surface area contributed by atoms with E-state index in [1.54, 1.807) is 25.2 Å². The molecule has 3 aromatic carbocycles. The number of H-pyrrole nitrogens is 1. The summed E-state index contributed by atoms with van der Waals surface area (Å²) in [5, 5.41) is 1.82. The normalized spacial score (nSPS) is 11.8. The SMILES string of the molecule is CN(Cc1nc2ccccc2[nH]1)C(=O)CCNS(=O)(=O)c1ccc2ccccc2c1. The maximum Gasteiger partial charge on any atom is 0.240 e. The largest absolute Gasteiger partial charge is 0.340 e. The summed E-state index contributed by atoms with van der Waals surface area (Å²) in [6.07, 6.45) is 0.0591. The van der Waals surface area contributed by atoms with E-state index in [0.717, 1.165) is 21.8 Å². The standard InChI is InChI=1S/C22H22N4O3S/c1-26(15-21-24-19-8-4-5-9-20(19)25-21)22(27)12-13-23-30(28,29)18-11-10-16-6-2-3-7-17(16)14-18/h2-11,14,23H,12-13,15H2,1H3,(H,24,25). The molecule has 0 atom stereocenters. The molecule has 0 bridgehead atoms. The van der Waals surface area contributed by atoms with Crippen LogP contribution in [0.15, 0.2) is 71.6 Å². The van der Waals surface area contributed by atoms with Crippen molar-refractivity contribution in [3.05, 3.63) is 72.6 Å². The lowest BCUT2D eigenvalue weighted by Crippen LogP contribution is -2.32. The number of aromatic amines is 1. The van der Waals surface area contributed by atoms with E-state index in [-0.39, 0.29) is 23.8 Å². The van der Waals surface area contributed by atoms with Crippen LogP contribution in [0.2, 0.25) is 0 Å². The van der Waals surface area contributed by atoms with Crippen molar-refractivity contribution in [2.45, 2.75) is 17.9 Å². The molecule has 1 aromatic heterocycles. The minimum Gasteiger partial charge on any atom is -0.340 e. The quantitative estimate of drug-likeness (QED) is 0.479. The molecule has 0 unspecified atom stereocenters. The molecule has 0 saturated heterocycles. The summed E-state index contributed by atoms with van der Waals surface area (Å²) in [7, 11) is -2.01. The molecule has 8 heteroatoms. The number of hydrogen-bond acceptors (Lipinski definition) is 4. The third-order valence-corrected chi connectivity index (χ3v) is 6.37. The van der Waals surface area contributed by atoms with E-state index in [4.69, 9.17) is 0 Å². The van der Waals surface area contributed by atoms with Crippen molar-refractivity contribution in [1.82, 2.24) is 19.6 Å². The van der Waals surface area contributed by atoms with Gasteiger partial charge in [-0.05, 0) is 35.0 Å². The van der Waals surface area contributed by atoms with Crippen molar-refractivity contribution in [3.63, 3.8) is 0 Å². The summed E-state index contributed by atoms with van der Waals surface area (Å²) in [4.78, 5) is 21.8. The number of benzene rings is 3. The van der Waals surface area contributed by atoms with Gasteiger partial charge in [-0.3, -0.25) is 4.79 Å². The van der Waals surface area contributed by atoms with Crippen LogP contribution in [0.1, 0.15) is 12.2 Å². The fraction of sp³-hybridized carbons (Fsp3) is 0.182. The van der Waals surface area contributed by atoms with Crippen LogP contribution in [-0.2, 0) is 21.4 Å². The summed E-state index contributed by atoms with van der Waals surface area (Å²) >= 11 is 0. The first-order valence-electron chi connectivity index (χ1n) is 9.58. The smallest absolute Gasteiger partial charge is 0.240 e. The van der Waals surface area contributed by atoms with Gasteiger partial charge in [0.1, 0.15) is 5.82 Å². The lowest BCUT2D eigenvalue weighted by Gasteiger charge is -2.16. The molecule has 0 aliphatic rings. The van der Waals surface area contributed by atoms with Crippen molar-refractivity contribution in [3.8, 4) is 0 Å². The lowest BCUT2D eigenvalue weighted by atomic mass is 10.1. The topological polar surface area (TPSA) is 95.2 Å². The van der Waals surface area contributed by atoms with E-state index >= 15 is 0 Å². The van der Waals surface area contributed by atoms with Gasteiger partial charge in [0.2, 0.25) is 15.9 Å². The Hall–Kier alpha value is -3.23. The Morgan fingerprint density at radius 1 is 1.03 bits per heavy atom. The zero-order chi connectivity index (χ0) is 21.1. The Bertz CT molecular complexity index is 1280. The zero-order valence-electron chi connectivity index (χ0n) is 16.5. The highest BCUT2D eigenvalue weighted by Gasteiger charge is 2.16. The second kappa shape index (κ2) is 8.25. The maximum atomic E-state index is 12.6. The molecule has 7 nitrogen and oxygen atoms in total. The molecule has 0 aliphatic heterocycles. The fourth-order valence-electron chi connectivity index (χ4n) is 3.29. The zero-order valence-corrected chi connectivity index (χ0v) is 17.3. The Morgan fingerprint density at radius 3 is 2.57 bits per heavy atom. The maximum absolute atomic E-state index is 12.6. The molecule has 0 spiro atoms. The molecule has 1 heterocycles. The molecule has 0 saturated carbocycles. The molecule has 4 rings (SSSR count). The molecule has 4 aromatic rings. The van der Waals surface area contributed by atoms with Crippen molar-refractivity contribution < 1.29 is 13.2 Å². The van der Waals surface area contributed by atoms with Crippen LogP contribution < -0.4 is 4.72 Å². The molecule has 2 N–H and O–H groups in total. The third-order valence-electron chi connectivity index (χ3n) is 4.91. The monoisotopic (exact) mass is 422 g/mol. The Kier molecular flexibility index (Phi) is 5.52. The molecule has 1 amide bonds. The van der Waals surface area contributed by atoms with Crippen molar-refractivity contribution in [2.75, 3.05) is 13.6 Å². The van der Waals surface area contributed by atoms with E-state index in [1.165, 1.54) is 4.90 Å². The first-order valence-corrected chi connectivity index (χ1v) is 11.1. The van der Waals surface area contributed by atoms with E-state index in [1.807, 2.05) is 48.5 Å². The number of fused-ring (bicyclic) bond motifs is 2. The highest BCUT2D eigenvalue weighted by Crippen LogP contribution is 2.19. The summed E-state index contributed by atoms with van der Waals surface area (Å²) in [6, 6.07) is 20.2. The minimum absolute atomic E-state index is 0.0263. The molecule has 0 radical (unpaired) electrons. The summed E-state index contributed by atoms with van der Waals surface area (Å²) in [5.41, 5.74) is 1.76. The molecule has 0 aliphatic carbocycles. The van der Waals surface area contributed by atoms with Gasteiger partial charge in [0.25, 0.3) is 0 Å². The van der Waals surface area contributed by atoms with Gasteiger partial charge in [0, 0.05) is 20.0 Å². The van der Waals surface area contributed by atoms with Gasteiger partial charge in [0.05, 0.1) is 22.5 Å². The van der Waals surface area contributed by atoms with Gasteiger partial charge in [0.15, 0.2) is 0 Å². The number of nitrogens with one attached hydrogen (secondary N) is 2. The van der Waals surface area contributed by atoms with Crippen molar-refractivity contribution in [2.24, 2.45) is 0 Å². The molecule has 154 valence electrons. The predicted molar refractivity (Wildman–Crippen MR) is 116 cm³/mol. The van der Waals surface area contributed by atoms with Gasteiger partial charge in [-0.25, -0.2) is 18.1 Å². The Balaban J connectivity index is 1.34. The number of hydrogen-bond donors (Lipinski definition) is 2.